The van der Waals surface area contributed by atoms with Gasteiger partial charge in [-0.1, -0.05) is 36.4 Å². The van der Waals surface area contributed by atoms with Gasteiger partial charge in [0.15, 0.2) is 5.82 Å². The third kappa shape index (κ3) is 5.75. The molecule has 1 amide bonds. The van der Waals surface area contributed by atoms with Crippen LogP contribution >= 0.6 is 0 Å². The molecule has 0 spiro atoms. The first-order chi connectivity index (χ1) is 14.0. The molecular weight excluding hydrogens is 366 g/mol. The second kappa shape index (κ2) is 9.64. The molecule has 0 saturated heterocycles. The van der Waals surface area contributed by atoms with E-state index in [1.807, 2.05) is 55.5 Å². The third-order valence-electron chi connectivity index (χ3n) is 4.52. The molecule has 29 heavy (non-hydrogen) atoms. The molecule has 7 heteroatoms. The van der Waals surface area contributed by atoms with Gasteiger partial charge < -0.3 is 10.6 Å². The van der Waals surface area contributed by atoms with Crippen LogP contribution in [-0.4, -0.2) is 27.0 Å². The first-order valence-corrected chi connectivity index (χ1v) is 9.56. The van der Waals surface area contributed by atoms with Crippen LogP contribution in [0.4, 0.5) is 5.82 Å². The molecule has 0 radical (unpaired) electrons. The van der Waals surface area contributed by atoms with E-state index >= 15 is 0 Å². The Morgan fingerprint density at radius 1 is 1.07 bits per heavy atom. The lowest BCUT2D eigenvalue weighted by molar-refractivity contribution is -0.121. The molecule has 150 valence electrons. The minimum absolute atomic E-state index is 0.0631. The Morgan fingerprint density at radius 3 is 2.62 bits per heavy atom. The van der Waals surface area contributed by atoms with E-state index in [4.69, 9.17) is 0 Å². The fraction of sp³-hybridized carbons (Fsp3) is 0.273. The number of hydrogen-bond donors (Lipinski definition) is 2. The Morgan fingerprint density at radius 2 is 1.86 bits per heavy atom. The number of nitrogens with zero attached hydrogens (tertiary/aromatic N) is 3. The minimum Gasteiger partial charge on any atom is -0.365 e. The summed E-state index contributed by atoms with van der Waals surface area (Å²) < 4.78 is 1.43. The monoisotopic (exact) mass is 391 g/mol. The van der Waals surface area contributed by atoms with E-state index in [1.54, 1.807) is 13.1 Å². The Hall–Kier alpha value is -3.48. The molecule has 0 fully saturated rings. The van der Waals surface area contributed by atoms with Gasteiger partial charge in [0.2, 0.25) is 5.91 Å². The number of rotatable bonds is 8. The van der Waals surface area contributed by atoms with E-state index < -0.39 is 0 Å². The molecule has 0 saturated carbocycles. The van der Waals surface area contributed by atoms with Gasteiger partial charge in [0.1, 0.15) is 6.54 Å². The number of anilines is 1. The van der Waals surface area contributed by atoms with Crippen molar-refractivity contribution >= 4 is 11.7 Å². The van der Waals surface area contributed by atoms with Gasteiger partial charge in [0.05, 0.1) is 12.2 Å². The van der Waals surface area contributed by atoms with Gasteiger partial charge in [-0.15, -0.1) is 0 Å². The number of aryl methyl sites for hydroxylation is 2. The van der Waals surface area contributed by atoms with Gasteiger partial charge >= 0.3 is 0 Å². The number of carbonyl (C=O) groups is 1. The lowest BCUT2D eigenvalue weighted by atomic mass is 10.1. The van der Waals surface area contributed by atoms with Crippen molar-refractivity contribution in [2.24, 2.45) is 0 Å². The van der Waals surface area contributed by atoms with Crippen molar-refractivity contribution < 1.29 is 4.79 Å². The molecule has 1 aromatic carbocycles. The molecule has 2 aromatic heterocycles. The first kappa shape index (κ1) is 20.3. The number of hydrogen-bond acceptors (Lipinski definition) is 5. The van der Waals surface area contributed by atoms with Crippen molar-refractivity contribution in [3.8, 4) is 0 Å². The molecule has 0 aliphatic rings. The lowest BCUT2D eigenvalue weighted by Gasteiger charge is -2.12. The van der Waals surface area contributed by atoms with Crippen molar-refractivity contribution in [3.63, 3.8) is 0 Å². The molecule has 3 aromatic rings. The zero-order chi connectivity index (χ0) is 20.6. The lowest BCUT2D eigenvalue weighted by Crippen LogP contribution is -2.34. The summed E-state index contributed by atoms with van der Waals surface area (Å²) in [6.07, 6.45) is 2.38. The second-order valence-corrected chi connectivity index (χ2v) is 6.85. The highest BCUT2D eigenvalue weighted by molar-refractivity contribution is 5.75. The summed E-state index contributed by atoms with van der Waals surface area (Å²) in [6, 6.07) is 15.7. The van der Waals surface area contributed by atoms with Crippen LogP contribution < -0.4 is 16.2 Å². The fourth-order valence-corrected chi connectivity index (χ4v) is 2.95. The van der Waals surface area contributed by atoms with Crippen LogP contribution in [0.3, 0.4) is 0 Å². The smallest absolute Gasteiger partial charge is 0.293 e. The molecule has 2 N–H and O–H groups in total. The van der Waals surface area contributed by atoms with Crippen molar-refractivity contribution in [3.05, 3.63) is 87.7 Å². The number of nitrogens with one attached hydrogen (secondary N) is 2. The second-order valence-electron chi connectivity index (χ2n) is 6.85. The molecule has 0 bridgehead atoms. The average molecular weight is 391 g/mol. The molecule has 0 aliphatic carbocycles. The quantitative estimate of drug-likeness (QED) is 0.615. The number of carbonyl (C=O) groups excluding carboxylic acids is 1. The summed E-state index contributed by atoms with van der Waals surface area (Å²) >= 11 is 0. The fourth-order valence-electron chi connectivity index (χ4n) is 2.95. The first-order valence-electron chi connectivity index (χ1n) is 9.56. The van der Waals surface area contributed by atoms with Crippen molar-refractivity contribution in [2.45, 2.75) is 33.4 Å². The van der Waals surface area contributed by atoms with Gasteiger partial charge in [-0.3, -0.25) is 19.1 Å². The van der Waals surface area contributed by atoms with Gasteiger partial charge in [-0.25, -0.2) is 4.98 Å². The average Bonchev–Trinajstić information content (AvgIpc) is 2.72. The third-order valence-corrected chi connectivity index (χ3v) is 4.52. The minimum atomic E-state index is -0.304. The maximum atomic E-state index is 12.7. The van der Waals surface area contributed by atoms with E-state index in [2.05, 4.69) is 20.6 Å². The van der Waals surface area contributed by atoms with Gasteiger partial charge in [-0.05, 0) is 38.0 Å². The van der Waals surface area contributed by atoms with Crippen LogP contribution in [0.15, 0.2) is 59.5 Å². The highest BCUT2D eigenvalue weighted by atomic mass is 16.2. The predicted molar refractivity (Wildman–Crippen MR) is 113 cm³/mol. The van der Waals surface area contributed by atoms with Crippen molar-refractivity contribution in [1.29, 1.82) is 0 Å². The van der Waals surface area contributed by atoms with E-state index in [9.17, 15) is 9.59 Å². The highest BCUT2D eigenvalue weighted by Crippen LogP contribution is 2.03. The standard InChI is InChI=1S/C22H25N5O2/c1-16-7-6-10-19(26-16)14-24-20(28)15-27-17(2)13-25-21(22(27)29)23-12-11-18-8-4-3-5-9-18/h3-10,13H,11-12,14-15H2,1-2H3,(H,23,25)(H,24,28). The SMILES string of the molecule is Cc1cccc(CNC(=O)Cn2c(C)cnc(NCCc3ccccc3)c2=O)n1. The number of amides is 1. The molecule has 0 aliphatic heterocycles. The predicted octanol–water partition coefficient (Wildman–Crippen LogP) is 2.23. The summed E-state index contributed by atoms with van der Waals surface area (Å²) in [7, 11) is 0. The maximum Gasteiger partial charge on any atom is 0.293 e. The van der Waals surface area contributed by atoms with Crippen LogP contribution in [0.5, 0.6) is 0 Å². The van der Waals surface area contributed by atoms with E-state index in [1.165, 1.54) is 10.1 Å². The van der Waals surface area contributed by atoms with Crippen LogP contribution in [0, 0.1) is 13.8 Å². The molecule has 3 rings (SSSR count). The summed E-state index contributed by atoms with van der Waals surface area (Å²) in [5.74, 6) is -0.000348. The topological polar surface area (TPSA) is 88.9 Å². The van der Waals surface area contributed by atoms with Gasteiger partial charge in [-0.2, -0.15) is 0 Å². The zero-order valence-corrected chi connectivity index (χ0v) is 16.7. The Labute approximate surface area is 169 Å². The largest absolute Gasteiger partial charge is 0.365 e. The number of pyridine rings is 1. The van der Waals surface area contributed by atoms with Crippen LogP contribution in [-0.2, 0) is 24.3 Å². The van der Waals surface area contributed by atoms with Gasteiger partial charge in [0.25, 0.3) is 5.56 Å². The van der Waals surface area contributed by atoms with Crippen LogP contribution in [0.2, 0.25) is 0 Å². The van der Waals surface area contributed by atoms with E-state index in [0.29, 0.717) is 18.8 Å². The van der Waals surface area contributed by atoms with Crippen molar-refractivity contribution in [2.75, 3.05) is 11.9 Å². The molecule has 2 heterocycles. The van der Waals surface area contributed by atoms with E-state index in [0.717, 1.165) is 17.8 Å². The molecule has 7 nitrogen and oxygen atoms in total. The van der Waals surface area contributed by atoms with Crippen molar-refractivity contribution in [1.82, 2.24) is 19.9 Å². The molecular formula is C22H25N5O2. The Balaban J connectivity index is 1.60. The number of benzene rings is 1. The number of aromatic nitrogens is 3. The molecule has 0 unspecified atom stereocenters. The normalized spacial score (nSPS) is 10.6. The van der Waals surface area contributed by atoms with Gasteiger partial charge in [0, 0.05) is 24.1 Å². The molecule has 0 atom stereocenters. The summed E-state index contributed by atoms with van der Waals surface area (Å²) in [4.78, 5) is 33.6. The zero-order valence-electron chi connectivity index (χ0n) is 16.7. The summed E-state index contributed by atoms with van der Waals surface area (Å²) in [5.41, 5.74) is 3.18. The summed E-state index contributed by atoms with van der Waals surface area (Å²) in [5, 5.41) is 5.89. The summed E-state index contributed by atoms with van der Waals surface area (Å²) in [6.45, 7) is 4.50. The van der Waals surface area contributed by atoms with E-state index in [-0.39, 0.29) is 23.8 Å². The highest BCUT2D eigenvalue weighted by Gasteiger charge is 2.11. The Kier molecular flexibility index (Phi) is 6.73. The maximum absolute atomic E-state index is 12.7. The van der Waals surface area contributed by atoms with Crippen LogP contribution in [0.1, 0.15) is 22.6 Å². The Bertz CT molecular complexity index is 1030. The van der Waals surface area contributed by atoms with Crippen LogP contribution in [0.25, 0.3) is 0 Å².